The lowest BCUT2D eigenvalue weighted by Gasteiger charge is -2.30. The molecule has 1 saturated heterocycles. The zero-order chi connectivity index (χ0) is 16.4. The molecule has 3 nitrogen and oxygen atoms in total. The number of likely N-dealkylation sites (tertiary alicyclic amines) is 1. The summed E-state index contributed by atoms with van der Waals surface area (Å²) in [7, 11) is 0. The maximum Gasteiger partial charge on any atom is 0.260 e. The van der Waals surface area contributed by atoms with Gasteiger partial charge in [-0.2, -0.15) is 8.78 Å². The van der Waals surface area contributed by atoms with Crippen LogP contribution in [0.4, 0.5) is 22.0 Å². The molecule has 1 heterocycles. The minimum Gasteiger partial charge on any atom is -0.477 e. The molecule has 1 amide bonds. The number of halogens is 5. The van der Waals surface area contributed by atoms with Crippen LogP contribution in [0.1, 0.15) is 19.8 Å². The molecule has 22 heavy (non-hydrogen) atoms. The van der Waals surface area contributed by atoms with Crippen molar-refractivity contribution in [1.29, 1.82) is 0 Å². The molecule has 1 aliphatic heterocycles. The van der Waals surface area contributed by atoms with E-state index in [0.29, 0.717) is 13.1 Å². The highest BCUT2D eigenvalue weighted by Crippen LogP contribution is 2.29. The number of hydrogen-bond acceptors (Lipinski definition) is 2. The van der Waals surface area contributed by atoms with Crippen molar-refractivity contribution >= 4 is 5.91 Å². The van der Waals surface area contributed by atoms with Crippen molar-refractivity contribution in [3.05, 3.63) is 29.1 Å². The minimum atomic E-state index is -2.27. The molecule has 1 atom stereocenters. The topological polar surface area (TPSA) is 29.5 Å². The van der Waals surface area contributed by atoms with Gasteiger partial charge in [0.15, 0.2) is 12.4 Å². The fourth-order valence-corrected chi connectivity index (χ4v) is 2.35. The van der Waals surface area contributed by atoms with Crippen molar-refractivity contribution < 1.29 is 31.5 Å². The van der Waals surface area contributed by atoms with Crippen LogP contribution in [-0.4, -0.2) is 30.5 Å². The van der Waals surface area contributed by atoms with Crippen LogP contribution in [0.3, 0.4) is 0 Å². The van der Waals surface area contributed by atoms with Gasteiger partial charge in [-0.3, -0.25) is 4.79 Å². The van der Waals surface area contributed by atoms with Gasteiger partial charge in [0.05, 0.1) is 0 Å². The lowest BCUT2D eigenvalue weighted by molar-refractivity contribution is -0.135. The zero-order valence-corrected chi connectivity index (χ0v) is 11.8. The highest BCUT2D eigenvalue weighted by atomic mass is 19.2. The van der Waals surface area contributed by atoms with Gasteiger partial charge < -0.3 is 9.64 Å². The van der Waals surface area contributed by atoms with Crippen LogP contribution in [0.15, 0.2) is 0 Å². The van der Waals surface area contributed by atoms with E-state index in [2.05, 4.69) is 4.74 Å². The lowest BCUT2D eigenvalue weighted by Crippen LogP contribution is -2.41. The Bertz CT molecular complexity index is 564. The van der Waals surface area contributed by atoms with Crippen LogP contribution >= 0.6 is 0 Å². The predicted octanol–water partition coefficient (Wildman–Crippen LogP) is 3.02. The summed E-state index contributed by atoms with van der Waals surface area (Å²) >= 11 is 0. The van der Waals surface area contributed by atoms with Crippen molar-refractivity contribution in [1.82, 2.24) is 4.90 Å². The normalized spacial score (nSPS) is 18.5. The number of rotatable bonds is 3. The number of amides is 1. The van der Waals surface area contributed by atoms with Crippen LogP contribution < -0.4 is 4.74 Å². The molecule has 1 fully saturated rings. The molecule has 0 aliphatic carbocycles. The summed E-state index contributed by atoms with van der Waals surface area (Å²) in [5.41, 5.74) is 0. The largest absolute Gasteiger partial charge is 0.477 e. The van der Waals surface area contributed by atoms with Crippen molar-refractivity contribution in [3.8, 4) is 5.75 Å². The molecule has 0 aromatic heterocycles. The Morgan fingerprint density at radius 1 is 1.09 bits per heavy atom. The fraction of sp³-hybridized carbons (Fsp3) is 0.500. The van der Waals surface area contributed by atoms with E-state index in [1.54, 1.807) is 0 Å². The third-order valence-corrected chi connectivity index (χ3v) is 3.52. The first-order valence-corrected chi connectivity index (χ1v) is 6.75. The first-order valence-electron chi connectivity index (χ1n) is 6.75. The standard InChI is InChI=1S/C14H14F5NO2/c1-7-3-2-4-20(5-7)8(21)6-22-14-12(18)10(16)9(15)11(17)13(14)19/h7H,2-6H2,1H3. The van der Waals surface area contributed by atoms with Gasteiger partial charge >= 0.3 is 0 Å². The van der Waals surface area contributed by atoms with Gasteiger partial charge in [0, 0.05) is 13.1 Å². The Kier molecular flexibility index (Phi) is 4.87. The minimum absolute atomic E-state index is 0.284. The van der Waals surface area contributed by atoms with Gasteiger partial charge in [-0.15, -0.1) is 0 Å². The summed E-state index contributed by atoms with van der Waals surface area (Å²) in [6.45, 7) is 2.11. The number of ether oxygens (including phenoxy) is 1. The van der Waals surface area contributed by atoms with Gasteiger partial charge in [-0.25, -0.2) is 13.2 Å². The molecule has 8 heteroatoms. The van der Waals surface area contributed by atoms with E-state index in [4.69, 9.17) is 0 Å². The van der Waals surface area contributed by atoms with E-state index in [-0.39, 0.29) is 5.92 Å². The second kappa shape index (κ2) is 6.50. The Balaban J connectivity index is 2.10. The van der Waals surface area contributed by atoms with E-state index in [9.17, 15) is 26.7 Å². The van der Waals surface area contributed by atoms with E-state index < -0.39 is 47.3 Å². The van der Waals surface area contributed by atoms with Gasteiger partial charge in [0.25, 0.3) is 5.91 Å². The van der Waals surface area contributed by atoms with E-state index in [0.717, 1.165) is 12.8 Å². The highest BCUT2D eigenvalue weighted by molar-refractivity contribution is 5.77. The Morgan fingerprint density at radius 2 is 1.64 bits per heavy atom. The smallest absolute Gasteiger partial charge is 0.260 e. The molecule has 1 aromatic rings. The lowest BCUT2D eigenvalue weighted by atomic mass is 10.0. The Hall–Kier alpha value is -1.86. The Labute approximate surface area is 123 Å². The van der Waals surface area contributed by atoms with E-state index in [1.807, 2.05) is 6.92 Å². The maximum atomic E-state index is 13.4. The molecule has 1 unspecified atom stereocenters. The number of piperidine rings is 1. The summed E-state index contributed by atoms with van der Waals surface area (Å²) < 4.78 is 70.2. The summed E-state index contributed by atoms with van der Waals surface area (Å²) in [6.07, 6.45) is 1.75. The molecule has 1 aliphatic rings. The second-order valence-electron chi connectivity index (χ2n) is 5.27. The molecular weight excluding hydrogens is 309 g/mol. The van der Waals surface area contributed by atoms with Crippen molar-refractivity contribution in [2.45, 2.75) is 19.8 Å². The first-order chi connectivity index (χ1) is 10.3. The van der Waals surface area contributed by atoms with Crippen molar-refractivity contribution in [3.63, 3.8) is 0 Å². The van der Waals surface area contributed by atoms with E-state index >= 15 is 0 Å². The molecule has 122 valence electrons. The van der Waals surface area contributed by atoms with Gasteiger partial charge in [0.1, 0.15) is 0 Å². The molecule has 0 spiro atoms. The summed E-state index contributed by atoms with van der Waals surface area (Å²) in [6, 6.07) is 0. The van der Waals surface area contributed by atoms with Crippen LogP contribution in [-0.2, 0) is 4.79 Å². The number of nitrogens with zero attached hydrogens (tertiary/aromatic N) is 1. The van der Waals surface area contributed by atoms with Crippen molar-refractivity contribution in [2.75, 3.05) is 19.7 Å². The van der Waals surface area contributed by atoms with E-state index in [1.165, 1.54) is 4.90 Å². The monoisotopic (exact) mass is 323 g/mol. The number of benzene rings is 1. The molecule has 0 bridgehead atoms. The molecule has 0 saturated carbocycles. The summed E-state index contributed by atoms with van der Waals surface area (Å²) in [5.74, 6) is -12.4. The average molecular weight is 323 g/mol. The van der Waals surface area contributed by atoms with Crippen molar-refractivity contribution in [2.24, 2.45) is 5.92 Å². The SMILES string of the molecule is CC1CCCN(C(=O)COc2c(F)c(F)c(F)c(F)c2F)C1. The first kappa shape index (κ1) is 16.5. The molecule has 0 radical (unpaired) electrons. The quantitative estimate of drug-likeness (QED) is 0.486. The summed E-state index contributed by atoms with van der Waals surface area (Å²) in [5, 5.41) is 0. The molecule has 0 N–H and O–H groups in total. The average Bonchev–Trinajstić information content (AvgIpc) is 2.50. The van der Waals surface area contributed by atoms with Gasteiger partial charge in [-0.1, -0.05) is 6.92 Å². The third-order valence-electron chi connectivity index (χ3n) is 3.52. The van der Waals surface area contributed by atoms with Gasteiger partial charge in [0.2, 0.25) is 29.1 Å². The molecule has 1 aromatic carbocycles. The predicted molar refractivity (Wildman–Crippen MR) is 66.7 cm³/mol. The Morgan fingerprint density at radius 3 is 2.18 bits per heavy atom. The number of hydrogen-bond donors (Lipinski definition) is 0. The third kappa shape index (κ3) is 3.15. The van der Waals surface area contributed by atoms with Gasteiger partial charge in [-0.05, 0) is 18.8 Å². The number of carbonyl (C=O) groups excluding carboxylic acids is 1. The highest BCUT2D eigenvalue weighted by Gasteiger charge is 2.28. The van der Waals surface area contributed by atoms with Crippen LogP contribution in [0, 0.1) is 35.0 Å². The maximum absolute atomic E-state index is 13.4. The summed E-state index contributed by atoms with van der Waals surface area (Å²) in [4.78, 5) is 13.3. The number of carbonyl (C=O) groups is 1. The fourth-order valence-electron chi connectivity index (χ4n) is 2.35. The van der Waals surface area contributed by atoms with Crippen LogP contribution in [0.2, 0.25) is 0 Å². The second-order valence-corrected chi connectivity index (χ2v) is 5.27. The zero-order valence-electron chi connectivity index (χ0n) is 11.8. The molecule has 2 rings (SSSR count). The molecular formula is C14H14F5NO2. The van der Waals surface area contributed by atoms with Crippen LogP contribution in [0.25, 0.3) is 0 Å². The van der Waals surface area contributed by atoms with Crippen LogP contribution in [0.5, 0.6) is 5.75 Å².